The van der Waals surface area contributed by atoms with E-state index in [0.717, 1.165) is 16.2 Å². The molecule has 0 unspecified atom stereocenters. The van der Waals surface area contributed by atoms with Crippen LogP contribution in [-0.2, 0) is 16.1 Å². The number of carbonyl (C=O) groups is 2. The molecule has 1 saturated heterocycles. The Morgan fingerprint density at radius 3 is 2.72 bits per heavy atom. The maximum Gasteiger partial charge on any atom is 0.267 e. The fourth-order valence-electron chi connectivity index (χ4n) is 3.83. The van der Waals surface area contributed by atoms with Gasteiger partial charge in [-0.25, -0.2) is 4.39 Å². The van der Waals surface area contributed by atoms with Gasteiger partial charge in [0, 0.05) is 26.3 Å². The van der Waals surface area contributed by atoms with Crippen molar-refractivity contribution in [1.82, 2.24) is 4.90 Å². The van der Waals surface area contributed by atoms with E-state index in [4.69, 9.17) is 20.8 Å². The summed E-state index contributed by atoms with van der Waals surface area (Å²) in [5.41, 5.74) is 1.31. The molecule has 2 N–H and O–H groups in total. The Morgan fingerprint density at radius 1 is 1.14 bits per heavy atom. The molecule has 1 fully saturated rings. The number of amides is 2. The number of nitrogens with zero attached hydrogens (tertiary/aromatic N) is 3. The number of carbonyl (C=O) groups excluding carboxylic acids is 2. The summed E-state index contributed by atoms with van der Waals surface area (Å²) >= 11 is 10.7. The van der Waals surface area contributed by atoms with Crippen LogP contribution in [0.1, 0.15) is 16.9 Å². The van der Waals surface area contributed by atoms with Gasteiger partial charge in [-0.1, -0.05) is 27.5 Å². The lowest BCUT2D eigenvalue weighted by Crippen LogP contribution is -2.28. The number of benzene rings is 3. The summed E-state index contributed by atoms with van der Waals surface area (Å²) in [6, 6.07) is 18.5. The third kappa shape index (κ3) is 7.92. The SMILES string of the molecule is O=C(COc1ccc(Cl)cc1/C=C1\S/C(=N\N=C\c2cc(Br)ccc2O)N(Cc2ccco2)C1=O)Nc1ccc(F)cc1. The normalized spacial score (nSPS) is 15.1. The summed E-state index contributed by atoms with van der Waals surface area (Å²) in [6.45, 7) is -0.236. The molecule has 2 heterocycles. The summed E-state index contributed by atoms with van der Waals surface area (Å²) in [7, 11) is 0. The number of furan rings is 1. The number of phenols is 1. The van der Waals surface area contributed by atoms with Gasteiger partial charge in [0.15, 0.2) is 11.8 Å². The van der Waals surface area contributed by atoms with Crippen molar-refractivity contribution in [2.75, 3.05) is 11.9 Å². The van der Waals surface area contributed by atoms with Crippen LogP contribution in [0.25, 0.3) is 6.08 Å². The molecule has 1 aliphatic rings. The van der Waals surface area contributed by atoms with E-state index in [1.54, 1.807) is 48.5 Å². The van der Waals surface area contributed by atoms with Gasteiger partial charge in [0.1, 0.15) is 23.1 Å². The smallest absolute Gasteiger partial charge is 0.267 e. The van der Waals surface area contributed by atoms with Crippen molar-refractivity contribution in [3.63, 3.8) is 0 Å². The molecule has 43 heavy (non-hydrogen) atoms. The Morgan fingerprint density at radius 2 is 1.95 bits per heavy atom. The highest BCUT2D eigenvalue weighted by Gasteiger charge is 2.34. The Labute approximate surface area is 262 Å². The van der Waals surface area contributed by atoms with Crippen molar-refractivity contribution in [3.05, 3.63) is 116 Å². The quantitative estimate of drug-likeness (QED) is 0.111. The molecule has 5 rings (SSSR count). The number of phenolic OH excluding ortho intramolecular Hbond substituents is 1. The molecule has 4 aromatic rings. The number of ether oxygens (including phenoxy) is 1. The number of hydrogen-bond donors (Lipinski definition) is 2. The highest BCUT2D eigenvalue weighted by atomic mass is 79.9. The molecule has 0 spiro atoms. The molecule has 1 aliphatic heterocycles. The predicted octanol–water partition coefficient (Wildman–Crippen LogP) is 7.06. The van der Waals surface area contributed by atoms with Crippen molar-refractivity contribution >= 4 is 74.3 Å². The van der Waals surface area contributed by atoms with Gasteiger partial charge in [-0.05, 0) is 90.6 Å². The number of aromatic hydroxyl groups is 1. The van der Waals surface area contributed by atoms with Gasteiger partial charge in [0.2, 0.25) is 0 Å². The molecule has 0 aliphatic carbocycles. The minimum atomic E-state index is -0.458. The lowest BCUT2D eigenvalue weighted by Gasteiger charge is -2.13. The van der Waals surface area contributed by atoms with Gasteiger partial charge in [-0.15, -0.1) is 5.10 Å². The first-order valence-corrected chi connectivity index (χ1v) is 14.5. The van der Waals surface area contributed by atoms with E-state index in [-0.39, 0.29) is 30.0 Å². The van der Waals surface area contributed by atoms with Crippen LogP contribution in [-0.4, -0.2) is 39.8 Å². The van der Waals surface area contributed by atoms with E-state index in [9.17, 15) is 19.1 Å². The van der Waals surface area contributed by atoms with E-state index in [2.05, 4.69) is 31.4 Å². The highest BCUT2D eigenvalue weighted by molar-refractivity contribution is 9.10. The molecule has 0 saturated carbocycles. The third-order valence-electron chi connectivity index (χ3n) is 5.86. The Hall–Kier alpha value is -4.39. The number of anilines is 1. The lowest BCUT2D eigenvalue weighted by molar-refractivity contribution is -0.122. The van der Waals surface area contributed by atoms with Crippen LogP contribution < -0.4 is 10.1 Å². The zero-order chi connectivity index (χ0) is 30.3. The minimum Gasteiger partial charge on any atom is -0.507 e. The number of thioether (sulfide) groups is 1. The largest absolute Gasteiger partial charge is 0.507 e. The van der Waals surface area contributed by atoms with Gasteiger partial charge >= 0.3 is 0 Å². The lowest BCUT2D eigenvalue weighted by atomic mass is 10.2. The fourth-order valence-corrected chi connectivity index (χ4v) is 5.31. The second-order valence-corrected chi connectivity index (χ2v) is 11.3. The van der Waals surface area contributed by atoms with Crippen molar-refractivity contribution in [1.29, 1.82) is 0 Å². The standard InChI is InChI=1S/C30H21BrClFN4O5S/c31-20-3-9-25(38)19(12-20)15-34-36-30-37(16-24-2-1-11-41-24)29(40)27(43-30)14-18-13-21(32)4-10-26(18)42-17-28(39)35-23-7-5-22(33)6-8-23/h1-15,38H,16-17H2,(H,35,39)/b27-14-,34-15+,36-30-. The zero-order valence-corrected chi connectivity index (χ0v) is 25.2. The van der Waals surface area contributed by atoms with Gasteiger partial charge < -0.3 is 19.6 Å². The summed E-state index contributed by atoms with van der Waals surface area (Å²) in [4.78, 5) is 27.7. The monoisotopic (exact) mass is 682 g/mol. The summed E-state index contributed by atoms with van der Waals surface area (Å²) in [5.74, 6) is -0.365. The first-order valence-electron chi connectivity index (χ1n) is 12.6. The van der Waals surface area contributed by atoms with Crippen molar-refractivity contribution in [2.24, 2.45) is 10.2 Å². The maximum absolute atomic E-state index is 13.5. The molecule has 13 heteroatoms. The van der Waals surface area contributed by atoms with Crippen molar-refractivity contribution in [3.8, 4) is 11.5 Å². The van der Waals surface area contributed by atoms with Crippen molar-refractivity contribution in [2.45, 2.75) is 6.54 Å². The molecule has 9 nitrogen and oxygen atoms in total. The number of halogens is 3. The van der Waals surface area contributed by atoms with Gasteiger partial charge in [0.05, 0.1) is 23.9 Å². The van der Waals surface area contributed by atoms with E-state index >= 15 is 0 Å². The molecule has 1 aromatic heterocycles. The molecule has 2 amide bonds. The summed E-state index contributed by atoms with van der Waals surface area (Å²) in [6.07, 6.45) is 4.48. The predicted molar refractivity (Wildman–Crippen MR) is 168 cm³/mol. The number of rotatable bonds is 9. The van der Waals surface area contributed by atoms with Crippen molar-refractivity contribution < 1.29 is 28.2 Å². The fraction of sp³-hybridized carbons (Fsp3) is 0.0667. The second-order valence-electron chi connectivity index (χ2n) is 8.94. The maximum atomic E-state index is 13.5. The first kappa shape index (κ1) is 30.1. The number of nitrogens with one attached hydrogen (secondary N) is 1. The third-order valence-corrected chi connectivity index (χ3v) is 7.58. The number of amidine groups is 1. The van der Waals surface area contributed by atoms with Gasteiger partial charge in [-0.2, -0.15) is 5.10 Å². The molecule has 218 valence electrons. The Kier molecular flexibility index (Phi) is 9.60. The molecular weight excluding hydrogens is 663 g/mol. The van der Waals surface area contributed by atoms with Crippen LogP contribution in [0.15, 0.2) is 103 Å². The highest BCUT2D eigenvalue weighted by Crippen LogP contribution is 2.36. The van der Waals surface area contributed by atoms with Crippen LogP contribution in [0.3, 0.4) is 0 Å². The van der Waals surface area contributed by atoms with E-state index < -0.39 is 11.7 Å². The summed E-state index contributed by atoms with van der Waals surface area (Å²) in [5, 5.41) is 21.7. The molecule has 3 aromatic carbocycles. The van der Waals surface area contributed by atoms with E-state index in [1.807, 2.05) is 0 Å². The van der Waals surface area contributed by atoms with Crippen LogP contribution in [0.2, 0.25) is 5.02 Å². The number of hydrogen-bond acceptors (Lipinski definition) is 8. The summed E-state index contributed by atoms with van der Waals surface area (Å²) < 4.78 is 25.1. The topological polar surface area (TPSA) is 117 Å². The first-order chi connectivity index (χ1) is 20.7. The second kappa shape index (κ2) is 13.7. The average Bonchev–Trinajstić information content (AvgIpc) is 3.60. The molecular formula is C30H21BrClFN4O5S. The Balaban J connectivity index is 1.38. The van der Waals surface area contributed by atoms with Crippen LogP contribution >= 0.6 is 39.3 Å². The molecule has 0 atom stereocenters. The minimum absolute atomic E-state index is 0.0233. The Bertz CT molecular complexity index is 1750. The van der Waals surface area contributed by atoms with Gasteiger partial charge in [0.25, 0.3) is 11.8 Å². The van der Waals surface area contributed by atoms with Crippen LogP contribution in [0.5, 0.6) is 11.5 Å². The molecule has 0 bridgehead atoms. The molecule has 0 radical (unpaired) electrons. The van der Waals surface area contributed by atoms with E-state index in [1.165, 1.54) is 47.7 Å². The zero-order valence-electron chi connectivity index (χ0n) is 22.0. The average molecular weight is 684 g/mol. The van der Waals surface area contributed by atoms with E-state index in [0.29, 0.717) is 38.3 Å². The van der Waals surface area contributed by atoms with Gasteiger partial charge in [-0.3, -0.25) is 14.5 Å². The van der Waals surface area contributed by atoms with Crippen LogP contribution in [0.4, 0.5) is 10.1 Å². The van der Waals surface area contributed by atoms with Crippen LogP contribution in [0, 0.1) is 5.82 Å².